The number of para-hydroxylation sites is 1. The van der Waals surface area contributed by atoms with Crippen molar-refractivity contribution in [3.05, 3.63) is 78.5 Å². The predicted octanol–water partition coefficient (Wildman–Crippen LogP) is 6.45. The third-order valence-corrected chi connectivity index (χ3v) is 7.72. The fraction of sp³-hybridized carbons (Fsp3) is 0.423. The smallest absolute Gasteiger partial charge is 0.189 e. The molecule has 140 valence electrons. The minimum Gasteiger partial charge on any atom is -0.189 e. The van der Waals surface area contributed by atoms with Crippen molar-refractivity contribution < 1.29 is 4.57 Å². The highest BCUT2D eigenvalue weighted by molar-refractivity contribution is 5.75. The Kier molecular flexibility index (Phi) is 4.37. The van der Waals surface area contributed by atoms with E-state index in [0.717, 1.165) is 19.3 Å². The molecule has 1 heteroatoms. The summed E-state index contributed by atoms with van der Waals surface area (Å²) in [6, 6.07) is 13.6. The van der Waals surface area contributed by atoms with Crippen molar-refractivity contribution in [2.45, 2.75) is 58.4 Å². The second-order valence-corrected chi connectivity index (χ2v) is 8.29. The van der Waals surface area contributed by atoms with Crippen LogP contribution in [0.25, 0.3) is 10.9 Å². The minimum absolute atomic E-state index is 0.0306. The van der Waals surface area contributed by atoms with E-state index in [1.807, 2.05) is 0 Å². The SMILES string of the molecule is C=CC1(CC)C2C=CC=C(C)C2c2ccc3ccccc3[n+]2C1(CC)CC. The number of benzene rings is 1. The maximum absolute atomic E-state index is 4.42. The molecule has 1 aliphatic heterocycles. The number of hydrogen-bond donors (Lipinski definition) is 0. The molecule has 1 aliphatic carbocycles. The first kappa shape index (κ1) is 18.2. The predicted molar refractivity (Wildman–Crippen MR) is 115 cm³/mol. The van der Waals surface area contributed by atoms with Crippen molar-refractivity contribution in [1.29, 1.82) is 0 Å². The van der Waals surface area contributed by atoms with Crippen LogP contribution < -0.4 is 4.57 Å². The third kappa shape index (κ3) is 2.15. The van der Waals surface area contributed by atoms with Gasteiger partial charge in [-0.1, -0.05) is 62.8 Å². The van der Waals surface area contributed by atoms with Crippen molar-refractivity contribution in [3.63, 3.8) is 0 Å². The molecule has 0 amide bonds. The van der Waals surface area contributed by atoms with Gasteiger partial charge in [-0.2, -0.15) is 4.57 Å². The van der Waals surface area contributed by atoms with E-state index >= 15 is 0 Å². The van der Waals surface area contributed by atoms with E-state index in [1.165, 1.54) is 22.2 Å². The normalized spacial score (nSPS) is 28.4. The van der Waals surface area contributed by atoms with Crippen molar-refractivity contribution in [1.82, 2.24) is 0 Å². The van der Waals surface area contributed by atoms with Gasteiger partial charge in [-0.25, -0.2) is 0 Å². The molecule has 27 heavy (non-hydrogen) atoms. The molecular weight excluding hydrogens is 326 g/mol. The van der Waals surface area contributed by atoms with E-state index in [1.54, 1.807) is 0 Å². The van der Waals surface area contributed by atoms with Crippen LogP contribution in [0, 0.1) is 11.3 Å². The summed E-state index contributed by atoms with van der Waals surface area (Å²) in [4.78, 5) is 0. The van der Waals surface area contributed by atoms with Crippen molar-refractivity contribution in [2.24, 2.45) is 11.3 Å². The monoisotopic (exact) mass is 358 g/mol. The van der Waals surface area contributed by atoms with Gasteiger partial charge >= 0.3 is 0 Å². The highest BCUT2D eigenvalue weighted by atomic mass is 15.1. The van der Waals surface area contributed by atoms with Gasteiger partial charge in [0.2, 0.25) is 5.52 Å². The number of rotatable bonds is 4. The summed E-state index contributed by atoms with van der Waals surface area (Å²) >= 11 is 0. The summed E-state index contributed by atoms with van der Waals surface area (Å²) in [5, 5.41) is 1.33. The standard InChI is InChI=1S/C26H32N/c1-6-25(7-2)21-15-12-13-19(5)24(21)23-18-17-20-14-10-11-16-22(20)27(23)26(25,8-3)9-4/h6,10-18,21,24H,1,7-9H2,2-5H3/q+1. The average Bonchev–Trinajstić information content (AvgIpc) is 2.72. The summed E-state index contributed by atoms with van der Waals surface area (Å²) in [6.45, 7) is 13.8. The Bertz CT molecular complexity index is 944. The second-order valence-electron chi connectivity index (χ2n) is 8.29. The Balaban J connectivity index is 2.20. The zero-order valence-electron chi connectivity index (χ0n) is 17.2. The molecule has 1 aromatic heterocycles. The van der Waals surface area contributed by atoms with Gasteiger partial charge in [0.05, 0.1) is 11.3 Å². The molecular formula is C26H32N+. The molecule has 2 aromatic rings. The van der Waals surface area contributed by atoms with Crippen LogP contribution in [0.4, 0.5) is 0 Å². The number of hydrogen-bond acceptors (Lipinski definition) is 0. The summed E-state index contributed by atoms with van der Waals surface area (Å²) in [6.07, 6.45) is 12.7. The average molecular weight is 359 g/mol. The first-order chi connectivity index (χ1) is 13.1. The fourth-order valence-electron chi connectivity index (χ4n) is 6.43. The summed E-state index contributed by atoms with van der Waals surface area (Å²) in [7, 11) is 0. The molecule has 0 N–H and O–H groups in total. The molecule has 0 radical (unpaired) electrons. The quantitative estimate of drug-likeness (QED) is 0.436. The summed E-state index contributed by atoms with van der Waals surface area (Å²) in [5.74, 6) is 0.884. The van der Waals surface area contributed by atoms with Gasteiger partial charge < -0.3 is 0 Å². The zero-order valence-corrected chi connectivity index (χ0v) is 17.2. The van der Waals surface area contributed by atoms with Crippen LogP contribution in [-0.2, 0) is 5.54 Å². The van der Waals surface area contributed by atoms with Crippen molar-refractivity contribution in [3.8, 4) is 0 Å². The van der Waals surface area contributed by atoms with Crippen LogP contribution in [0.2, 0.25) is 0 Å². The Morgan fingerprint density at radius 3 is 2.44 bits per heavy atom. The summed E-state index contributed by atoms with van der Waals surface area (Å²) < 4.78 is 2.71. The van der Waals surface area contributed by atoms with E-state index < -0.39 is 0 Å². The second kappa shape index (κ2) is 6.48. The van der Waals surface area contributed by atoms with Crippen LogP contribution in [-0.4, -0.2) is 0 Å². The molecule has 3 atom stereocenters. The number of aromatic nitrogens is 1. The van der Waals surface area contributed by atoms with E-state index in [4.69, 9.17) is 0 Å². The molecule has 2 aliphatic rings. The molecule has 1 nitrogen and oxygen atoms in total. The Labute approximate surface area is 164 Å². The summed E-state index contributed by atoms with van der Waals surface area (Å²) in [5.41, 5.74) is 4.36. The Morgan fingerprint density at radius 2 is 1.78 bits per heavy atom. The van der Waals surface area contributed by atoms with E-state index in [-0.39, 0.29) is 11.0 Å². The lowest BCUT2D eigenvalue weighted by Crippen LogP contribution is -2.72. The van der Waals surface area contributed by atoms with E-state index in [9.17, 15) is 0 Å². The molecule has 0 spiro atoms. The topological polar surface area (TPSA) is 3.88 Å². The van der Waals surface area contributed by atoms with Gasteiger partial charge in [-0.3, -0.25) is 0 Å². The van der Waals surface area contributed by atoms with E-state index in [0.29, 0.717) is 11.8 Å². The molecule has 0 saturated carbocycles. The van der Waals surface area contributed by atoms with Gasteiger partial charge in [0.15, 0.2) is 11.2 Å². The lowest BCUT2D eigenvalue weighted by atomic mass is 9.51. The highest BCUT2D eigenvalue weighted by Gasteiger charge is 2.64. The van der Waals surface area contributed by atoms with Crippen molar-refractivity contribution >= 4 is 10.9 Å². The Hall–Kier alpha value is -2.15. The number of nitrogens with zero attached hydrogens (tertiary/aromatic N) is 1. The van der Waals surface area contributed by atoms with Crippen LogP contribution in [0.5, 0.6) is 0 Å². The van der Waals surface area contributed by atoms with Gasteiger partial charge in [0.25, 0.3) is 0 Å². The first-order valence-corrected chi connectivity index (χ1v) is 10.5. The van der Waals surface area contributed by atoms with Crippen molar-refractivity contribution in [2.75, 3.05) is 0 Å². The molecule has 4 rings (SSSR count). The van der Waals surface area contributed by atoms with Crippen LogP contribution in [0.15, 0.2) is 72.9 Å². The van der Waals surface area contributed by atoms with Crippen LogP contribution in [0.3, 0.4) is 0 Å². The van der Waals surface area contributed by atoms with Gasteiger partial charge in [0.1, 0.15) is 0 Å². The van der Waals surface area contributed by atoms with Gasteiger partial charge in [0, 0.05) is 36.3 Å². The van der Waals surface area contributed by atoms with Crippen LogP contribution in [0.1, 0.15) is 58.6 Å². The number of pyridine rings is 1. The third-order valence-electron chi connectivity index (χ3n) is 7.72. The first-order valence-electron chi connectivity index (χ1n) is 10.5. The molecule has 2 heterocycles. The van der Waals surface area contributed by atoms with E-state index in [2.05, 4.69) is 99.5 Å². The molecule has 1 aromatic carbocycles. The Morgan fingerprint density at radius 1 is 1.04 bits per heavy atom. The van der Waals surface area contributed by atoms with Gasteiger partial charge in [-0.15, -0.1) is 6.58 Å². The maximum Gasteiger partial charge on any atom is 0.213 e. The lowest BCUT2D eigenvalue weighted by Gasteiger charge is -2.54. The molecule has 0 saturated heterocycles. The fourth-order valence-corrected chi connectivity index (χ4v) is 6.43. The molecule has 3 unspecified atom stereocenters. The number of fused-ring (bicyclic) bond motifs is 5. The maximum atomic E-state index is 4.42. The van der Waals surface area contributed by atoms with Crippen LogP contribution >= 0.6 is 0 Å². The highest BCUT2D eigenvalue weighted by Crippen LogP contribution is 2.59. The number of allylic oxidation sites excluding steroid dienone is 5. The largest absolute Gasteiger partial charge is 0.213 e. The minimum atomic E-state index is 0.0306. The lowest BCUT2D eigenvalue weighted by molar-refractivity contribution is -0.774. The molecule has 0 fully saturated rings. The zero-order chi connectivity index (χ0) is 19.2. The van der Waals surface area contributed by atoms with Gasteiger partial charge in [-0.05, 0) is 25.5 Å². The molecule has 0 bridgehead atoms.